The maximum atomic E-state index is 11.3. The first-order chi connectivity index (χ1) is 10.2. The summed E-state index contributed by atoms with van der Waals surface area (Å²) in [4.78, 5) is 13.0. The summed E-state index contributed by atoms with van der Waals surface area (Å²) in [5, 5.41) is 11.3. The molecule has 0 amide bonds. The highest BCUT2D eigenvalue weighted by atomic mass is 16.6. The highest BCUT2D eigenvalue weighted by Crippen LogP contribution is 2.35. The Labute approximate surface area is 122 Å². The zero-order valence-electron chi connectivity index (χ0n) is 11.6. The van der Waals surface area contributed by atoms with Crippen molar-refractivity contribution in [3.63, 3.8) is 0 Å². The molecule has 1 aliphatic heterocycles. The Kier molecular flexibility index (Phi) is 3.73. The minimum absolute atomic E-state index is 0.102. The smallest absolute Gasteiger partial charge is 0.296 e. The molecule has 0 unspecified atom stereocenters. The van der Waals surface area contributed by atoms with E-state index >= 15 is 0 Å². The molecular weight excluding hydrogens is 268 g/mol. The second-order valence-electron chi connectivity index (χ2n) is 5.02. The van der Waals surface area contributed by atoms with Crippen molar-refractivity contribution in [2.45, 2.75) is 12.8 Å². The summed E-state index contributed by atoms with van der Waals surface area (Å²) in [6, 6.07) is 14.3. The summed E-state index contributed by atoms with van der Waals surface area (Å²) in [5.74, 6) is 1.15. The quantitative estimate of drug-likeness (QED) is 0.629. The molecule has 1 saturated heterocycles. The first-order valence-electron chi connectivity index (χ1n) is 7.00. The molecule has 1 heterocycles. The number of nitro benzene ring substituents is 1. The van der Waals surface area contributed by atoms with Crippen molar-refractivity contribution < 1.29 is 9.66 Å². The number of hydrogen-bond donors (Lipinski definition) is 0. The van der Waals surface area contributed by atoms with Gasteiger partial charge in [0.15, 0.2) is 0 Å². The molecule has 0 aliphatic carbocycles. The van der Waals surface area contributed by atoms with E-state index in [1.165, 1.54) is 6.07 Å². The van der Waals surface area contributed by atoms with Gasteiger partial charge < -0.3 is 9.64 Å². The van der Waals surface area contributed by atoms with Crippen LogP contribution in [0, 0.1) is 10.1 Å². The van der Waals surface area contributed by atoms with E-state index in [0.29, 0.717) is 17.2 Å². The van der Waals surface area contributed by atoms with E-state index < -0.39 is 0 Å². The summed E-state index contributed by atoms with van der Waals surface area (Å²) < 4.78 is 5.66. The molecule has 2 aromatic rings. The van der Waals surface area contributed by atoms with Gasteiger partial charge >= 0.3 is 0 Å². The van der Waals surface area contributed by atoms with Crippen LogP contribution in [-0.4, -0.2) is 18.0 Å². The Morgan fingerprint density at radius 3 is 2.38 bits per heavy atom. The van der Waals surface area contributed by atoms with Crippen LogP contribution in [0.4, 0.5) is 11.4 Å². The van der Waals surface area contributed by atoms with Gasteiger partial charge in [-0.3, -0.25) is 10.1 Å². The molecule has 0 aromatic heterocycles. The summed E-state index contributed by atoms with van der Waals surface area (Å²) in [6.07, 6.45) is 2.17. The Morgan fingerprint density at radius 2 is 1.71 bits per heavy atom. The number of ether oxygens (including phenoxy) is 1. The molecule has 108 valence electrons. The molecule has 0 radical (unpaired) electrons. The SMILES string of the molecule is O=[N+]([O-])c1cc(Oc2ccccc2)ccc1N1CCCC1. The number of nitro groups is 1. The molecule has 2 aromatic carbocycles. The fourth-order valence-corrected chi connectivity index (χ4v) is 2.56. The second-order valence-corrected chi connectivity index (χ2v) is 5.02. The van der Waals surface area contributed by atoms with Crippen LogP contribution in [0.15, 0.2) is 48.5 Å². The maximum absolute atomic E-state index is 11.3. The van der Waals surface area contributed by atoms with E-state index in [0.717, 1.165) is 25.9 Å². The molecule has 21 heavy (non-hydrogen) atoms. The lowest BCUT2D eigenvalue weighted by Gasteiger charge is -2.18. The Hall–Kier alpha value is -2.56. The van der Waals surface area contributed by atoms with Gasteiger partial charge in [0.05, 0.1) is 11.0 Å². The predicted octanol–water partition coefficient (Wildman–Crippen LogP) is 3.99. The van der Waals surface area contributed by atoms with Crippen LogP contribution in [-0.2, 0) is 0 Å². The highest BCUT2D eigenvalue weighted by Gasteiger charge is 2.22. The molecule has 1 aliphatic rings. The summed E-state index contributed by atoms with van der Waals surface area (Å²) in [5.41, 5.74) is 0.781. The van der Waals surface area contributed by atoms with Gasteiger partial charge in [0.25, 0.3) is 5.69 Å². The van der Waals surface area contributed by atoms with Crippen LogP contribution in [0.5, 0.6) is 11.5 Å². The molecule has 0 spiro atoms. The molecule has 0 bridgehead atoms. The summed E-state index contributed by atoms with van der Waals surface area (Å²) in [7, 11) is 0. The number of para-hydroxylation sites is 1. The molecule has 0 N–H and O–H groups in total. The van der Waals surface area contributed by atoms with Gasteiger partial charge in [0, 0.05) is 13.1 Å². The molecule has 3 rings (SSSR count). The van der Waals surface area contributed by atoms with Crippen LogP contribution >= 0.6 is 0 Å². The molecule has 1 fully saturated rings. The van der Waals surface area contributed by atoms with Gasteiger partial charge in [-0.1, -0.05) is 18.2 Å². The minimum Gasteiger partial charge on any atom is -0.457 e. The molecule has 5 heteroatoms. The number of benzene rings is 2. The van der Waals surface area contributed by atoms with E-state index in [2.05, 4.69) is 4.90 Å². The molecule has 5 nitrogen and oxygen atoms in total. The Bertz CT molecular complexity index is 637. The standard InChI is InChI=1S/C16H16N2O3/c19-18(20)16-12-14(21-13-6-2-1-3-7-13)8-9-15(16)17-10-4-5-11-17/h1-3,6-9,12H,4-5,10-11H2. The van der Waals surface area contributed by atoms with Crippen LogP contribution < -0.4 is 9.64 Å². The molecule has 0 saturated carbocycles. The van der Waals surface area contributed by atoms with Crippen molar-refractivity contribution in [2.24, 2.45) is 0 Å². The van der Waals surface area contributed by atoms with Crippen LogP contribution in [0.2, 0.25) is 0 Å². The predicted molar refractivity (Wildman–Crippen MR) is 81.1 cm³/mol. The first kappa shape index (κ1) is 13.4. The van der Waals surface area contributed by atoms with Gasteiger partial charge in [-0.25, -0.2) is 0 Å². The first-order valence-corrected chi connectivity index (χ1v) is 7.00. The van der Waals surface area contributed by atoms with Gasteiger partial charge in [-0.2, -0.15) is 0 Å². The number of rotatable bonds is 4. The van der Waals surface area contributed by atoms with E-state index in [1.807, 2.05) is 30.3 Å². The highest BCUT2D eigenvalue weighted by molar-refractivity contribution is 5.66. The maximum Gasteiger partial charge on any atom is 0.296 e. The van der Waals surface area contributed by atoms with Gasteiger partial charge in [0.1, 0.15) is 17.2 Å². The van der Waals surface area contributed by atoms with E-state index in [-0.39, 0.29) is 10.6 Å². The van der Waals surface area contributed by atoms with Crippen LogP contribution in [0.25, 0.3) is 0 Å². The average molecular weight is 284 g/mol. The topological polar surface area (TPSA) is 55.6 Å². The minimum atomic E-state index is -0.342. The fraction of sp³-hybridized carbons (Fsp3) is 0.250. The van der Waals surface area contributed by atoms with Crippen molar-refractivity contribution in [3.8, 4) is 11.5 Å². The van der Waals surface area contributed by atoms with Crippen LogP contribution in [0.1, 0.15) is 12.8 Å². The molecule has 0 atom stereocenters. The number of anilines is 1. The largest absolute Gasteiger partial charge is 0.457 e. The van der Waals surface area contributed by atoms with Gasteiger partial charge in [0.2, 0.25) is 0 Å². The zero-order valence-corrected chi connectivity index (χ0v) is 11.6. The monoisotopic (exact) mass is 284 g/mol. The third kappa shape index (κ3) is 2.97. The third-order valence-electron chi connectivity index (χ3n) is 3.57. The lowest BCUT2D eigenvalue weighted by molar-refractivity contribution is -0.384. The molecular formula is C16H16N2O3. The summed E-state index contributed by atoms with van der Waals surface area (Å²) >= 11 is 0. The second kappa shape index (κ2) is 5.83. The van der Waals surface area contributed by atoms with E-state index in [4.69, 9.17) is 4.74 Å². The Morgan fingerprint density at radius 1 is 1.00 bits per heavy atom. The van der Waals surface area contributed by atoms with Crippen molar-refractivity contribution >= 4 is 11.4 Å². The van der Waals surface area contributed by atoms with Gasteiger partial charge in [-0.05, 0) is 37.1 Å². The van der Waals surface area contributed by atoms with Crippen LogP contribution in [0.3, 0.4) is 0 Å². The number of hydrogen-bond acceptors (Lipinski definition) is 4. The van der Waals surface area contributed by atoms with Crippen molar-refractivity contribution in [1.82, 2.24) is 0 Å². The third-order valence-corrected chi connectivity index (χ3v) is 3.57. The van der Waals surface area contributed by atoms with Gasteiger partial charge in [-0.15, -0.1) is 0 Å². The number of nitrogens with zero attached hydrogens (tertiary/aromatic N) is 2. The lowest BCUT2D eigenvalue weighted by Crippen LogP contribution is -2.18. The zero-order chi connectivity index (χ0) is 14.7. The van der Waals surface area contributed by atoms with E-state index in [1.54, 1.807) is 12.1 Å². The van der Waals surface area contributed by atoms with E-state index in [9.17, 15) is 10.1 Å². The fourth-order valence-electron chi connectivity index (χ4n) is 2.56. The van der Waals surface area contributed by atoms with Crippen molar-refractivity contribution in [1.29, 1.82) is 0 Å². The summed E-state index contributed by atoms with van der Waals surface area (Å²) in [6.45, 7) is 1.75. The Balaban J connectivity index is 1.90. The van der Waals surface area contributed by atoms with Crippen molar-refractivity contribution in [3.05, 3.63) is 58.6 Å². The lowest BCUT2D eigenvalue weighted by atomic mass is 10.2. The van der Waals surface area contributed by atoms with Crippen molar-refractivity contribution in [2.75, 3.05) is 18.0 Å². The average Bonchev–Trinajstić information content (AvgIpc) is 3.02. The normalized spacial score (nSPS) is 14.2.